The first-order chi connectivity index (χ1) is 12.7. The molecule has 2 nitrogen and oxygen atoms in total. The van der Waals surface area contributed by atoms with E-state index in [1.54, 1.807) is 24.3 Å². The molecular formula is C24H24O2. The van der Waals surface area contributed by atoms with E-state index in [0.29, 0.717) is 0 Å². The highest BCUT2D eigenvalue weighted by atomic mass is 16.3. The topological polar surface area (TPSA) is 40.5 Å². The van der Waals surface area contributed by atoms with Crippen LogP contribution in [0, 0.1) is 0 Å². The molecule has 0 bridgehead atoms. The molecule has 0 amide bonds. The Balaban J connectivity index is 2.25. The molecule has 3 rings (SSSR count). The summed E-state index contributed by atoms with van der Waals surface area (Å²) < 4.78 is 0. The number of aromatic hydroxyl groups is 2. The Morgan fingerprint density at radius 2 is 1.15 bits per heavy atom. The Labute approximate surface area is 155 Å². The van der Waals surface area contributed by atoms with E-state index in [-0.39, 0.29) is 11.5 Å². The SMILES string of the molecule is CCCCC(=C(c1ccc(O)cc1)c1ccc(O)cc1)c1ccccc1. The van der Waals surface area contributed by atoms with Crippen LogP contribution in [0.2, 0.25) is 0 Å². The summed E-state index contributed by atoms with van der Waals surface area (Å²) in [5, 5.41) is 19.4. The molecule has 0 heterocycles. The van der Waals surface area contributed by atoms with Gasteiger partial charge in [-0.15, -0.1) is 0 Å². The lowest BCUT2D eigenvalue weighted by Gasteiger charge is -2.17. The molecule has 0 spiro atoms. The maximum atomic E-state index is 9.69. The lowest BCUT2D eigenvalue weighted by molar-refractivity contribution is 0.475. The maximum Gasteiger partial charge on any atom is 0.115 e. The normalized spacial score (nSPS) is 10.5. The zero-order valence-corrected chi connectivity index (χ0v) is 15.0. The highest BCUT2D eigenvalue weighted by Gasteiger charge is 2.14. The Kier molecular flexibility index (Phi) is 5.75. The molecule has 0 aliphatic carbocycles. The zero-order chi connectivity index (χ0) is 18.4. The summed E-state index contributed by atoms with van der Waals surface area (Å²) in [5.41, 5.74) is 5.75. The lowest BCUT2D eigenvalue weighted by atomic mass is 9.87. The van der Waals surface area contributed by atoms with Crippen molar-refractivity contribution >= 4 is 11.1 Å². The van der Waals surface area contributed by atoms with Gasteiger partial charge in [0.15, 0.2) is 0 Å². The standard InChI is InChI=1S/C24H24O2/c1-2-3-9-23(18-7-5-4-6-8-18)24(19-10-14-21(25)15-11-19)20-12-16-22(26)17-13-20/h4-8,10-17,25-26H,2-3,9H2,1H3. The third-order valence-electron chi connectivity index (χ3n) is 4.52. The Bertz CT molecular complexity index is 813. The summed E-state index contributed by atoms with van der Waals surface area (Å²) >= 11 is 0. The lowest BCUT2D eigenvalue weighted by Crippen LogP contribution is -1.96. The Morgan fingerprint density at radius 3 is 1.62 bits per heavy atom. The van der Waals surface area contributed by atoms with Gasteiger partial charge in [-0.1, -0.05) is 67.9 Å². The summed E-state index contributed by atoms with van der Waals surface area (Å²) in [5.74, 6) is 0.516. The molecule has 0 saturated heterocycles. The van der Waals surface area contributed by atoms with Gasteiger partial charge in [-0.2, -0.15) is 0 Å². The molecule has 2 N–H and O–H groups in total. The average Bonchev–Trinajstić information content (AvgIpc) is 2.68. The van der Waals surface area contributed by atoms with Gasteiger partial charge in [0.05, 0.1) is 0 Å². The van der Waals surface area contributed by atoms with Crippen molar-refractivity contribution in [2.24, 2.45) is 0 Å². The molecule has 0 aromatic heterocycles. The van der Waals surface area contributed by atoms with Gasteiger partial charge in [-0.3, -0.25) is 0 Å². The summed E-state index contributed by atoms with van der Waals surface area (Å²) in [7, 11) is 0. The van der Waals surface area contributed by atoms with E-state index >= 15 is 0 Å². The molecule has 2 heteroatoms. The van der Waals surface area contributed by atoms with Crippen LogP contribution in [0.3, 0.4) is 0 Å². The van der Waals surface area contributed by atoms with Crippen LogP contribution >= 0.6 is 0 Å². The van der Waals surface area contributed by atoms with Crippen molar-refractivity contribution in [3.63, 3.8) is 0 Å². The summed E-state index contributed by atoms with van der Waals surface area (Å²) in [6.45, 7) is 2.20. The first-order valence-electron chi connectivity index (χ1n) is 9.06. The van der Waals surface area contributed by atoms with Crippen molar-refractivity contribution in [2.45, 2.75) is 26.2 Å². The second-order valence-electron chi connectivity index (χ2n) is 6.42. The molecular weight excluding hydrogens is 320 g/mol. The van der Waals surface area contributed by atoms with E-state index in [1.807, 2.05) is 30.3 Å². The van der Waals surface area contributed by atoms with Gasteiger partial charge in [0.25, 0.3) is 0 Å². The van der Waals surface area contributed by atoms with Gasteiger partial charge in [0.2, 0.25) is 0 Å². The Morgan fingerprint density at radius 1 is 0.654 bits per heavy atom. The highest BCUT2D eigenvalue weighted by Crippen LogP contribution is 2.36. The van der Waals surface area contributed by atoms with Crippen molar-refractivity contribution in [3.8, 4) is 11.5 Å². The van der Waals surface area contributed by atoms with Crippen LogP contribution < -0.4 is 0 Å². The van der Waals surface area contributed by atoms with Crippen LogP contribution in [-0.2, 0) is 0 Å². The molecule has 0 saturated carbocycles. The number of phenols is 2. The first-order valence-corrected chi connectivity index (χ1v) is 9.06. The monoisotopic (exact) mass is 344 g/mol. The van der Waals surface area contributed by atoms with Crippen molar-refractivity contribution in [2.75, 3.05) is 0 Å². The third kappa shape index (κ3) is 4.15. The fourth-order valence-corrected chi connectivity index (χ4v) is 3.18. The van der Waals surface area contributed by atoms with E-state index in [0.717, 1.165) is 36.0 Å². The Hall–Kier alpha value is -3.00. The van der Waals surface area contributed by atoms with Gasteiger partial charge in [-0.05, 0) is 64.9 Å². The van der Waals surface area contributed by atoms with Crippen LogP contribution in [0.15, 0.2) is 78.9 Å². The van der Waals surface area contributed by atoms with Crippen LogP contribution in [0.25, 0.3) is 11.1 Å². The predicted octanol–water partition coefficient (Wildman–Crippen LogP) is 6.25. The molecule has 3 aromatic rings. The summed E-state index contributed by atoms with van der Waals surface area (Å²) in [6, 6.07) is 25.1. The van der Waals surface area contributed by atoms with Gasteiger partial charge in [0.1, 0.15) is 11.5 Å². The van der Waals surface area contributed by atoms with E-state index in [9.17, 15) is 10.2 Å². The fraction of sp³-hybridized carbons (Fsp3) is 0.167. The van der Waals surface area contributed by atoms with Crippen LogP contribution in [0.4, 0.5) is 0 Å². The number of hydrogen-bond acceptors (Lipinski definition) is 2. The van der Waals surface area contributed by atoms with E-state index < -0.39 is 0 Å². The van der Waals surface area contributed by atoms with Crippen molar-refractivity contribution < 1.29 is 10.2 Å². The van der Waals surface area contributed by atoms with E-state index in [1.165, 1.54) is 11.1 Å². The molecule has 0 aliphatic rings. The zero-order valence-electron chi connectivity index (χ0n) is 15.0. The van der Waals surface area contributed by atoms with Crippen LogP contribution in [0.5, 0.6) is 11.5 Å². The molecule has 3 aromatic carbocycles. The molecule has 132 valence electrons. The van der Waals surface area contributed by atoms with Gasteiger partial charge in [0, 0.05) is 0 Å². The van der Waals surface area contributed by atoms with Crippen LogP contribution in [0.1, 0.15) is 42.9 Å². The number of hydrogen-bond donors (Lipinski definition) is 2. The molecule has 0 unspecified atom stereocenters. The average molecular weight is 344 g/mol. The van der Waals surface area contributed by atoms with Gasteiger partial charge in [-0.25, -0.2) is 0 Å². The van der Waals surface area contributed by atoms with Crippen molar-refractivity contribution in [1.29, 1.82) is 0 Å². The second-order valence-corrected chi connectivity index (χ2v) is 6.42. The van der Waals surface area contributed by atoms with Gasteiger partial charge < -0.3 is 10.2 Å². The summed E-state index contributed by atoms with van der Waals surface area (Å²) in [4.78, 5) is 0. The minimum atomic E-state index is 0.258. The first kappa shape index (κ1) is 17.8. The van der Waals surface area contributed by atoms with Crippen molar-refractivity contribution in [3.05, 3.63) is 95.6 Å². The molecule has 0 fully saturated rings. The number of unbranched alkanes of at least 4 members (excludes halogenated alkanes) is 1. The summed E-state index contributed by atoms with van der Waals surface area (Å²) in [6.07, 6.45) is 3.19. The quantitative estimate of drug-likeness (QED) is 0.519. The fourth-order valence-electron chi connectivity index (χ4n) is 3.18. The van der Waals surface area contributed by atoms with Crippen molar-refractivity contribution in [1.82, 2.24) is 0 Å². The van der Waals surface area contributed by atoms with E-state index in [2.05, 4.69) is 31.2 Å². The number of phenolic OH excluding ortho intramolecular Hbond substituents is 2. The molecule has 0 radical (unpaired) electrons. The van der Waals surface area contributed by atoms with Gasteiger partial charge >= 0.3 is 0 Å². The molecule has 26 heavy (non-hydrogen) atoms. The number of allylic oxidation sites excluding steroid dienone is 1. The van der Waals surface area contributed by atoms with E-state index in [4.69, 9.17) is 0 Å². The highest BCUT2D eigenvalue weighted by molar-refractivity contribution is 5.98. The second kappa shape index (κ2) is 8.39. The molecule has 0 aliphatic heterocycles. The smallest absolute Gasteiger partial charge is 0.115 e. The largest absolute Gasteiger partial charge is 0.508 e. The van der Waals surface area contributed by atoms with Crippen LogP contribution in [-0.4, -0.2) is 10.2 Å². The molecule has 0 atom stereocenters. The number of rotatable bonds is 6. The predicted molar refractivity (Wildman–Crippen MR) is 108 cm³/mol. The number of benzene rings is 3. The third-order valence-corrected chi connectivity index (χ3v) is 4.52. The minimum Gasteiger partial charge on any atom is -0.508 e. The minimum absolute atomic E-state index is 0.258. The maximum absolute atomic E-state index is 9.69.